The first-order valence-corrected chi connectivity index (χ1v) is 9.16. The molecule has 1 aliphatic heterocycles. The van der Waals surface area contributed by atoms with Gasteiger partial charge in [0.2, 0.25) is 5.82 Å². The molecule has 0 radical (unpaired) electrons. The molecular formula is C19H24N4O2. The highest BCUT2D eigenvalue weighted by Crippen LogP contribution is 2.35. The van der Waals surface area contributed by atoms with Crippen molar-refractivity contribution in [3.05, 3.63) is 42.0 Å². The molecule has 132 valence electrons. The molecule has 0 N–H and O–H groups in total. The van der Waals surface area contributed by atoms with Crippen LogP contribution in [0.2, 0.25) is 0 Å². The number of carbonyl (C=O) groups is 1. The van der Waals surface area contributed by atoms with E-state index in [2.05, 4.69) is 10.1 Å². The number of benzene rings is 1. The lowest BCUT2D eigenvalue weighted by molar-refractivity contribution is -0.00631. The van der Waals surface area contributed by atoms with E-state index in [1.165, 1.54) is 12.8 Å². The quantitative estimate of drug-likeness (QED) is 0.839. The molecule has 6 heteroatoms. The van der Waals surface area contributed by atoms with E-state index in [0.29, 0.717) is 25.6 Å². The second-order valence-electron chi connectivity index (χ2n) is 6.86. The van der Waals surface area contributed by atoms with Crippen LogP contribution in [-0.2, 0) is 11.2 Å². The Hall–Kier alpha value is -2.21. The lowest BCUT2D eigenvalue weighted by Crippen LogP contribution is -2.49. The van der Waals surface area contributed by atoms with Crippen LogP contribution in [0.3, 0.4) is 0 Å². The first kappa shape index (κ1) is 16.3. The molecule has 1 saturated carbocycles. The molecule has 1 aliphatic carbocycles. The summed E-state index contributed by atoms with van der Waals surface area (Å²) in [5.41, 5.74) is 0.933. The number of nitrogens with zero attached hydrogens (tertiary/aromatic N) is 4. The summed E-state index contributed by atoms with van der Waals surface area (Å²) in [6.45, 7) is 3.87. The Kier molecular flexibility index (Phi) is 4.53. The Labute approximate surface area is 147 Å². The highest BCUT2D eigenvalue weighted by Gasteiger charge is 2.35. The highest BCUT2D eigenvalue weighted by atomic mass is 16.5. The van der Waals surface area contributed by atoms with Crippen LogP contribution in [0.15, 0.2) is 30.3 Å². The number of ether oxygens (including phenoxy) is 1. The molecule has 2 aliphatic rings. The maximum Gasteiger partial charge on any atom is 0.293 e. The molecule has 1 atom stereocenters. The molecule has 1 amide bonds. The van der Waals surface area contributed by atoms with Crippen molar-refractivity contribution in [2.24, 2.45) is 5.92 Å². The third-order valence-corrected chi connectivity index (χ3v) is 4.97. The van der Waals surface area contributed by atoms with Crippen LogP contribution in [0.1, 0.15) is 42.6 Å². The Morgan fingerprint density at radius 3 is 2.80 bits per heavy atom. The van der Waals surface area contributed by atoms with Gasteiger partial charge in [0.05, 0.1) is 24.9 Å². The molecule has 6 nitrogen and oxygen atoms in total. The standard InChI is InChI=1S/C19H24N4O2/c1-2-17-20-18(21-23(17)15-6-4-3-5-7-15)19(24)22-10-11-25-13-16(22)12-14-8-9-14/h3-7,14,16H,2,8-13H2,1H3. The summed E-state index contributed by atoms with van der Waals surface area (Å²) >= 11 is 0. The second kappa shape index (κ2) is 6.96. The Balaban J connectivity index is 1.59. The van der Waals surface area contributed by atoms with Gasteiger partial charge in [0.1, 0.15) is 5.82 Å². The van der Waals surface area contributed by atoms with Gasteiger partial charge in [-0.3, -0.25) is 4.79 Å². The number of para-hydroxylation sites is 1. The molecule has 1 aromatic heterocycles. The first-order chi connectivity index (χ1) is 12.3. The SMILES string of the molecule is CCc1nc(C(=O)N2CCOCC2CC2CC2)nn1-c1ccccc1. The Bertz CT molecular complexity index is 739. The maximum atomic E-state index is 13.1. The zero-order valence-corrected chi connectivity index (χ0v) is 14.6. The number of hydrogen-bond acceptors (Lipinski definition) is 4. The van der Waals surface area contributed by atoms with Crippen molar-refractivity contribution in [3.8, 4) is 5.69 Å². The lowest BCUT2D eigenvalue weighted by atomic mass is 10.1. The fourth-order valence-corrected chi connectivity index (χ4v) is 3.42. The van der Waals surface area contributed by atoms with Crippen LogP contribution < -0.4 is 0 Å². The minimum atomic E-state index is -0.0710. The van der Waals surface area contributed by atoms with Crippen LogP contribution in [0.25, 0.3) is 5.69 Å². The van der Waals surface area contributed by atoms with Gasteiger partial charge in [-0.25, -0.2) is 9.67 Å². The first-order valence-electron chi connectivity index (χ1n) is 9.16. The van der Waals surface area contributed by atoms with Crippen LogP contribution in [0.4, 0.5) is 0 Å². The number of morpholine rings is 1. The number of carbonyl (C=O) groups excluding carboxylic acids is 1. The summed E-state index contributed by atoms with van der Waals surface area (Å²) in [6, 6.07) is 10.0. The molecule has 25 heavy (non-hydrogen) atoms. The average molecular weight is 340 g/mol. The van der Waals surface area contributed by atoms with Crippen LogP contribution in [0, 0.1) is 5.92 Å². The predicted molar refractivity (Wildman–Crippen MR) is 93.7 cm³/mol. The largest absolute Gasteiger partial charge is 0.377 e. The number of rotatable bonds is 5. The van der Waals surface area contributed by atoms with Gasteiger partial charge >= 0.3 is 0 Å². The monoisotopic (exact) mass is 340 g/mol. The van der Waals surface area contributed by atoms with E-state index in [-0.39, 0.29) is 11.9 Å². The summed E-state index contributed by atoms with van der Waals surface area (Å²) in [7, 11) is 0. The maximum absolute atomic E-state index is 13.1. The van der Waals surface area contributed by atoms with Crippen LogP contribution in [0.5, 0.6) is 0 Å². The van der Waals surface area contributed by atoms with E-state index in [1.54, 1.807) is 4.68 Å². The third kappa shape index (κ3) is 3.44. The average Bonchev–Trinajstić information content (AvgIpc) is 3.37. The zero-order valence-electron chi connectivity index (χ0n) is 14.6. The second-order valence-corrected chi connectivity index (χ2v) is 6.86. The molecular weight excluding hydrogens is 316 g/mol. The Morgan fingerprint density at radius 1 is 1.28 bits per heavy atom. The topological polar surface area (TPSA) is 60.3 Å². The van der Waals surface area contributed by atoms with Crippen molar-refractivity contribution in [3.63, 3.8) is 0 Å². The summed E-state index contributed by atoms with van der Waals surface area (Å²) in [5, 5.41) is 4.53. The summed E-state index contributed by atoms with van der Waals surface area (Å²) in [6.07, 6.45) is 4.31. The van der Waals surface area contributed by atoms with E-state index in [1.807, 2.05) is 42.2 Å². The molecule has 2 heterocycles. The fraction of sp³-hybridized carbons (Fsp3) is 0.526. The Morgan fingerprint density at radius 2 is 2.08 bits per heavy atom. The van der Waals surface area contributed by atoms with E-state index >= 15 is 0 Å². The number of amides is 1. The molecule has 1 unspecified atom stereocenters. The van der Waals surface area contributed by atoms with Crippen molar-refractivity contribution < 1.29 is 9.53 Å². The summed E-state index contributed by atoms with van der Waals surface area (Å²) in [5.74, 6) is 1.78. The molecule has 2 aromatic rings. The van der Waals surface area contributed by atoms with Crippen LogP contribution >= 0.6 is 0 Å². The third-order valence-electron chi connectivity index (χ3n) is 4.97. The fourth-order valence-electron chi connectivity index (χ4n) is 3.42. The molecule has 1 aromatic carbocycles. The van der Waals surface area contributed by atoms with Crippen molar-refractivity contribution in [2.45, 2.75) is 38.6 Å². The van der Waals surface area contributed by atoms with E-state index < -0.39 is 0 Å². The van der Waals surface area contributed by atoms with E-state index in [0.717, 1.165) is 30.3 Å². The molecule has 4 rings (SSSR count). The van der Waals surface area contributed by atoms with Gasteiger partial charge in [0.25, 0.3) is 5.91 Å². The van der Waals surface area contributed by atoms with Gasteiger partial charge < -0.3 is 9.64 Å². The molecule has 2 fully saturated rings. The van der Waals surface area contributed by atoms with Gasteiger partial charge in [-0.2, -0.15) is 0 Å². The highest BCUT2D eigenvalue weighted by molar-refractivity contribution is 5.90. The number of aromatic nitrogens is 3. The van der Waals surface area contributed by atoms with Crippen LogP contribution in [-0.4, -0.2) is 51.4 Å². The molecule has 0 bridgehead atoms. The normalized spacial score (nSPS) is 20.7. The smallest absolute Gasteiger partial charge is 0.293 e. The van der Waals surface area contributed by atoms with Gasteiger partial charge in [-0.05, 0) is 24.5 Å². The lowest BCUT2D eigenvalue weighted by Gasteiger charge is -2.35. The molecule has 0 spiro atoms. The summed E-state index contributed by atoms with van der Waals surface area (Å²) < 4.78 is 7.39. The van der Waals surface area contributed by atoms with Crippen molar-refractivity contribution in [1.82, 2.24) is 19.7 Å². The van der Waals surface area contributed by atoms with Gasteiger partial charge in [0, 0.05) is 13.0 Å². The zero-order chi connectivity index (χ0) is 17.2. The van der Waals surface area contributed by atoms with Crippen molar-refractivity contribution in [2.75, 3.05) is 19.8 Å². The van der Waals surface area contributed by atoms with Crippen molar-refractivity contribution >= 4 is 5.91 Å². The van der Waals surface area contributed by atoms with Gasteiger partial charge in [-0.15, -0.1) is 5.10 Å². The minimum Gasteiger partial charge on any atom is -0.377 e. The predicted octanol–water partition coefficient (Wildman–Crippen LogP) is 2.47. The minimum absolute atomic E-state index is 0.0710. The van der Waals surface area contributed by atoms with Gasteiger partial charge in [0.15, 0.2) is 0 Å². The number of hydrogen-bond donors (Lipinski definition) is 0. The number of aryl methyl sites for hydroxylation is 1. The van der Waals surface area contributed by atoms with E-state index in [9.17, 15) is 4.79 Å². The molecule has 1 saturated heterocycles. The van der Waals surface area contributed by atoms with Gasteiger partial charge in [-0.1, -0.05) is 38.0 Å². The van der Waals surface area contributed by atoms with Crippen molar-refractivity contribution in [1.29, 1.82) is 0 Å². The van der Waals surface area contributed by atoms with E-state index in [4.69, 9.17) is 4.74 Å². The summed E-state index contributed by atoms with van der Waals surface area (Å²) in [4.78, 5) is 19.5.